The normalized spacial score (nSPS) is 13.5. The van der Waals surface area contributed by atoms with Crippen molar-refractivity contribution in [3.05, 3.63) is 34.9 Å². The van der Waals surface area contributed by atoms with Crippen LogP contribution in [0.15, 0.2) is 18.2 Å². The Hall–Kier alpha value is -0.920. The summed E-state index contributed by atoms with van der Waals surface area (Å²) in [5.74, 6) is -0.610. The summed E-state index contributed by atoms with van der Waals surface area (Å²) in [7, 11) is 0. The van der Waals surface area contributed by atoms with Gasteiger partial charge < -0.3 is 4.55 Å². The molecule has 1 aromatic carbocycles. The van der Waals surface area contributed by atoms with Crippen LogP contribution in [0.1, 0.15) is 21.5 Å². The predicted molar refractivity (Wildman–Crippen MR) is 54.3 cm³/mol. The van der Waals surface area contributed by atoms with Crippen molar-refractivity contribution >= 4 is 27.9 Å². The van der Waals surface area contributed by atoms with Crippen LogP contribution in [0.2, 0.25) is 0 Å². The summed E-state index contributed by atoms with van der Waals surface area (Å²) < 4.78 is 58.1. The van der Waals surface area contributed by atoms with Crippen molar-refractivity contribution in [3.63, 3.8) is 0 Å². The molecule has 0 N–H and O–H groups in total. The maximum atomic E-state index is 12.4. The Morgan fingerprint density at radius 3 is 2.35 bits per heavy atom. The van der Waals surface area contributed by atoms with Crippen LogP contribution in [0.25, 0.3) is 0 Å². The molecule has 0 aliphatic heterocycles. The highest BCUT2D eigenvalue weighted by Crippen LogP contribution is 2.31. The van der Waals surface area contributed by atoms with Gasteiger partial charge in [0.15, 0.2) is 0 Å². The van der Waals surface area contributed by atoms with E-state index in [-0.39, 0.29) is 11.1 Å². The topological polar surface area (TPSA) is 57.2 Å². The molecule has 0 radical (unpaired) electrons. The maximum Gasteiger partial charge on any atom is 0.416 e. The number of rotatable bonds is 3. The summed E-state index contributed by atoms with van der Waals surface area (Å²) in [4.78, 5) is 10.8. The molecule has 3 nitrogen and oxygen atoms in total. The average molecular weight is 286 g/mol. The van der Waals surface area contributed by atoms with Crippen LogP contribution in [0.3, 0.4) is 0 Å². The molecule has 1 aromatic rings. The van der Waals surface area contributed by atoms with Gasteiger partial charge in [0.2, 0.25) is 0 Å². The number of carbonyl (C=O) groups is 1. The molecule has 0 heterocycles. The number of benzene rings is 1. The van der Waals surface area contributed by atoms with E-state index >= 15 is 0 Å². The zero-order valence-electron chi connectivity index (χ0n) is 8.08. The van der Waals surface area contributed by atoms with Gasteiger partial charge in [-0.05, 0) is 35.4 Å². The zero-order chi connectivity index (χ0) is 13.2. The molecule has 1 unspecified atom stereocenters. The largest absolute Gasteiger partial charge is 0.772 e. The summed E-state index contributed by atoms with van der Waals surface area (Å²) in [6.07, 6.45) is -4.67. The highest BCUT2D eigenvalue weighted by atomic mass is 35.5. The molecule has 17 heavy (non-hydrogen) atoms. The van der Waals surface area contributed by atoms with Gasteiger partial charge in [0, 0.05) is 11.3 Å². The van der Waals surface area contributed by atoms with Crippen LogP contribution in [0.5, 0.6) is 0 Å². The monoisotopic (exact) mass is 285 g/mol. The highest BCUT2D eigenvalue weighted by Gasteiger charge is 2.31. The molecule has 0 fully saturated rings. The van der Waals surface area contributed by atoms with E-state index in [0.717, 1.165) is 6.07 Å². The second-order valence-corrected chi connectivity index (χ2v) is 4.38. The molecule has 0 saturated carbocycles. The first-order chi connectivity index (χ1) is 7.70. The first-order valence-corrected chi connectivity index (χ1v) is 5.79. The van der Waals surface area contributed by atoms with Gasteiger partial charge in [-0.2, -0.15) is 13.2 Å². The Bertz CT molecular complexity index is 473. The molecule has 0 saturated heterocycles. The number of hydrogen-bond acceptors (Lipinski definition) is 3. The van der Waals surface area contributed by atoms with E-state index in [1.165, 1.54) is 0 Å². The lowest BCUT2D eigenvalue weighted by atomic mass is 10.1. The Balaban J connectivity index is 3.28. The van der Waals surface area contributed by atoms with Crippen LogP contribution in [0.4, 0.5) is 13.2 Å². The summed E-state index contributed by atoms with van der Waals surface area (Å²) in [6.45, 7) is 0. The summed E-state index contributed by atoms with van der Waals surface area (Å²) in [5, 5.41) is -1.07. The van der Waals surface area contributed by atoms with Gasteiger partial charge in [0.25, 0.3) is 5.24 Å². The SMILES string of the molecule is O=C(Cl)c1cc(CS(=O)[O-])cc(C(F)(F)F)c1. The first-order valence-electron chi connectivity index (χ1n) is 4.17. The molecular formula is C9H5ClF3O3S-. The Labute approximate surface area is 102 Å². The van der Waals surface area contributed by atoms with Crippen LogP contribution >= 0.6 is 11.6 Å². The summed E-state index contributed by atoms with van der Waals surface area (Å²) in [5.41, 5.74) is -1.64. The van der Waals surface area contributed by atoms with E-state index in [0.29, 0.717) is 12.1 Å². The van der Waals surface area contributed by atoms with Gasteiger partial charge >= 0.3 is 6.18 Å². The third kappa shape index (κ3) is 4.10. The van der Waals surface area contributed by atoms with Gasteiger partial charge in [0.05, 0.1) is 5.56 Å². The van der Waals surface area contributed by atoms with Gasteiger partial charge in [-0.15, -0.1) is 0 Å². The Morgan fingerprint density at radius 2 is 1.94 bits per heavy atom. The van der Waals surface area contributed by atoms with Crippen LogP contribution in [-0.2, 0) is 23.0 Å². The zero-order valence-corrected chi connectivity index (χ0v) is 9.66. The van der Waals surface area contributed by atoms with E-state index in [9.17, 15) is 26.7 Å². The lowest BCUT2D eigenvalue weighted by Gasteiger charge is -2.11. The second-order valence-electron chi connectivity index (χ2n) is 3.14. The van der Waals surface area contributed by atoms with E-state index < -0.39 is 33.8 Å². The van der Waals surface area contributed by atoms with E-state index in [1.807, 2.05) is 0 Å². The van der Waals surface area contributed by atoms with Crippen molar-refractivity contribution < 1.29 is 26.7 Å². The van der Waals surface area contributed by atoms with Crippen molar-refractivity contribution in [3.8, 4) is 0 Å². The Kier molecular flexibility index (Phi) is 4.29. The minimum atomic E-state index is -4.67. The fourth-order valence-corrected chi connectivity index (χ4v) is 1.74. The van der Waals surface area contributed by atoms with Crippen LogP contribution in [0, 0.1) is 0 Å². The fraction of sp³-hybridized carbons (Fsp3) is 0.222. The number of hydrogen-bond donors (Lipinski definition) is 0. The second kappa shape index (κ2) is 5.16. The number of alkyl halides is 3. The van der Waals surface area contributed by atoms with E-state index in [2.05, 4.69) is 0 Å². The average Bonchev–Trinajstić information content (AvgIpc) is 2.14. The minimum Gasteiger partial charge on any atom is -0.772 e. The minimum absolute atomic E-state index is 0.142. The molecule has 0 aromatic heterocycles. The molecule has 0 amide bonds. The van der Waals surface area contributed by atoms with Gasteiger partial charge in [-0.25, -0.2) is 0 Å². The van der Waals surface area contributed by atoms with Crippen molar-refractivity contribution in [2.24, 2.45) is 0 Å². The van der Waals surface area contributed by atoms with Crippen molar-refractivity contribution in [2.45, 2.75) is 11.9 Å². The maximum absolute atomic E-state index is 12.4. The van der Waals surface area contributed by atoms with E-state index in [4.69, 9.17) is 11.6 Å². The van der Waals surface area contributed by atoms with Crippen molar-refractivity contribution in [1.29, 1.82) is 0 Å². The van der Waals surface area contributed by atoms with Crippen molar-refractivity contribution in [2.75, 3.05) is 0 Å². The molecule has 8 heteroatoms. The molecular weight excluding hydrogens is 281 g/mol. The fourth-order valence-electron chi connectivity index (χ4n) is 1.19. The van der Waals surface area contributed by atoms with Crippen LogP contribution in [-0.4, -0.2) is 14.0 Å². The third-order valence-electron chi connectivity index (χ3n) is 1.83. The van der Waals surface area contributed by atoms with Crippen molar-refractivity contribution in [1.82, 2.24) is 0 Å². The molecule has 94 valence electrons. The molecule has 0 aliphatic carbocycles. The molecule has 1 rings (SSSR count). The predicted octanol–water partition coefficient (Wildman–Crippen LogP) is 2.46. The molecule has 0 spiro atoms. The summed E-state index contributed by atoms with van der Waals surface area (Å²) in [6, 6.07) is 2.26. The lowest BCUT2D eigenvalue weighted by molar-refractivity contribution is -0.137. The Morgan fingerprint density at radius 1 is 1.35 bits per heavy atom. The standard InChI is InChI=1S/C9H6ClF3O3S/c10-8(14)6-1-5(4-17(15)16)2-7(3-6)9(11,12)13/h1-3H,4H2,(H,15,16)/p-1. The highest BCUT2D eigenvalue weighted by molar-refractivity contribution is 7.78. The van der Waals surface area contributed by atoms with Crippen LogP contribution < -0.4 is 0 Å². The molecule has 0 bridgehead atoms. The number of carbonyl (C=O) groups excluding carboxylic acids is 1. The van der Waals surface area contributed by atoms with Gasteiger partial charge in [-0.3, -0.25) is 9.00 Å². The quantitative estimate of drug-likeness (QED) is 0.633. The van der Waals surface area contributed by atoms with E-state index in [1.54, 1.807) is 0 Å². The van der Waals surface area contributed by atoms with Gasteiger partial charge in [-0.1, -0.05) is 11.1 Å². The summed E-state index contributed by atoms with van der Waals surface area (Å²) >= 11 is 2.53. The first kappa shape index (κ1) is 14.1. The molecule has 0 aliphatic rings. The third-order valence-corrected chi connectivity index (χ3v) is 2.62. The number of halogens is 4. The lowest BCUT2D eigenvalue weighted by Crippen LogP contribution is -2.08. The molecule has 1 atom stereocenters. The smallest absolute Gasteiger partial charge is 0.416 e. The van der Waals surface area contributed by atoms with Gasteiger partial charge in [0.1, 0.15) is 0 Å².